The van der Waals surface area contributed by atoms with Crippen LogP contribution in [-0.4, -0.2) is 37.7 Å². The number of benzene rings is 1. The van der Waals surface area contributed by atoms with Gasteiger partial charge in [-0.1, -0.05) is 6.07 Å². The Kier molecular flexibility index (Phi) is 3.97. The summed E-state index contributed by atoms with van der Waals surface area (Å²) in [5.41, 5.74) is 7.66. The molecule has 4 heteroatoms. The first-order valence-corrected chi connectivity index (χ1v) is 6.51. The van der Waals surface area contributed by atoms with Gasteiger partial charge in [-0.3, -0.25) is 4.90 Å². The number of rotatable bonds is 6. The average molecular weight is 249 g/mol. The lowest BCUT2D eigenvalue weighted by Crippen LogP contribution is -2.36. The average Bonchev–Trinajstić information content (AvgIpc) is 3.20. The molecule has 0 radical (unpaired) electrons. The molecule has 0 aliphatic heterocycles. The molecule has 1 unspecified atom stereocenters. The van der Waals surface area contributed by atoms with Crippen LogP contribution in [0.5, 0.6) is 5.75 Å². The second-order valence-corrected chi connectivity index (χ2v) is 5.05. The van der Waals surface area contributed by atoms with Gasteiger partial charge in [-0.05, 0) is 38.9 Å². The van der Waals surface area contributed by atoms with E-state index in [-0.39, 0.29) is 0 Å². The lowest BCUT2D eigenvalue weighted by atomic mass is 10.2. The van der Waals surface area contributed by atoms with Gasteiger partial charge in [0.1, 0.15) is 5.75 Å². The first kappa shape index (κ1) is 13.0. The summed E-state index contributed by atoms with van der Waals surface area (Å²) in [6.45, 7) is 3.13. The molecule has 2 rings (SSSR count). The smallest absolute Gasteiger partial charge is 0.143 e. The van der Waals surface area contributed by atoms with Gasteiger partial charge in [0.25, 0.3) is 0 Å². The number of nitrogens with one attached hydrogen (secondary N) is 1. The van der Waals surface area contributed by atoms with E-state index in [1.54, 1.807) is 7.11 Å². The second-order valence-electron chi connectivity index (χ2n) is 5.05. The zero-order valence-electron chi connectivity index (χ0n) is 11.4. The van der Waals surface area contributed by atoms with Crippen molar-refractivity contribution >= 4 is 11.4 Å². The molecule has 1 fully saturated rings. The summed E-state index contributed by atoms with van der Waals surface area (Å²) >= 11 is 0. The van der Waals surface area contributed by atoms with Crippen molar-refractivity contribution in [2.24, 2.45) is 0 Å². The van der Waals surface area contributed by atoms with Crippen LogP contribution in [0.25, 0.3) is 0 Å². The van der Waals surface area contributed by atoms with Gasteiger partial charge in [0, 0.05) is 18.6 Å². The minimum atomic E-state index is 0.503. The first-order valence-electron chi connectivity index (χ1n) is 6.51. The first-order chi connectivity index (χ1) is 8.63. The zero-order valence-corrected chi connectivity index (χ0v) is 11.4. The fraction of sp³-hybridized carbons (Fsp3) is 0.571. The Morgan fingerprint density at radius 2 is 2.22 bits per heavy atom. The molecule has 0 spiro atoms. The van der Waals surface area contributed by atoms with Gasteiger partial charge >= 0.3 is 0 Å². The molecular formula is C14H23N3O. The number of nitrogens with two attached hydrogens (primary N) is 1. The van der Waals surface area contributed by atoms with E-state index >= 15 is 0 Å². The second kappa shape index (κ2) is 5.48. The Morgan fingerprint density at radius 3 is 2.83 bits per heavy atom. The Balaban J connectivity index is 1.93. The molecule has 1 aliphatic rings. The van der Waals surface area contributed by atoms with Crippen molar-refractivity contribution in [3.63, 3.8) is 0 Å². The Labute approximate surface area is 109 Å². The van der Waals surface area contributed by atoms with Crippen LogP contribution in [0, 0.1) is 0 Å². The molecule has 0 amide bonds. The lowest BCUT2D eigenvalue weighted by Gasteiger charge is -2.25. The lowest BCUT2D eigenvalue weighted by molar-refractivity contribution is 0.257. The van der Waals surface area contributed by atoms with Crippen LogP contribution < -0.4 is 15.8 Å². The molecule has 18 heavy (non-hydrogen) atoms. The van der Waals surface area contributed by atoms with E-state index in [1.807, 2.05) is 18.2 Å². The zero-order chi connectivity index (χ0) is 13.1. The minimum Gasteiger partial charge on any atom is -0.495 e. The summed E-state index contributed by atoms with van der Waals surface area (Å²) in [6, 6.07) is 7.10. The van der Waals surface area contributed by atoms with Crippen LogP contribution in [0.4, 0.5) is 11.4 Å². The topological polar surface area (TPSA) is 50.5 Å². The Morgan fingerprint density at radius 1 is 1.50 bits per heavy atom. The highest BCUT2D eigenvalue weighted by Gasteiger charge is 2.28. The highest BCUT2D eigenvalue weighted by molar-refractivity contribution is 5.72. The van der Waals surface area contributed by atoms with E-state index in [2.05, 4.69) is 24.2 Å². The highest BCUT2D eigenvalue weighted by atomic mass is 16.5. The number of nitrogen functional groups attached to an aromatic ring is 1. The summed E-state index contributed by atoms with van der Waals surface area (Å²) < 4.78 is 5.21. The normalized spacial score (nSPS) is 16.7. The number of ether oxygens (including phenoxy) is 1. The van der Waals surface area contributed by atoms with Gasteiger partial charge in [0.15, 0.2) is 0 Å². The predicted molar refractivity (Wildman–Crippen MR) is 76.1 cm³/mol. The molecule has 4 nitrogen and oxygen atoms in total. The number of anilines is 2. The molecule has 1 atom stereocenters. The third kappa shape index (κ3) is 2.88. The molecule has 3 N–H and O–H groups in total. The highest BCUT2D eigenvalue weighted by Crippen LogP contribution is 2.30. The standard InChI is InChI=1S/C14H23N3O/c1-10(17(2)11-7-8-11)9-16-12-5-4-6-13(18-3)14(12)15/h4-6,10-11,16H,7-9,15H2,1-3H3. The molecule has 1 aliphatic carbocycles. The SMILES string of the molecule is COc1cccc(NCC(C)N(C)C2CC2)c1N. The van der Waals surface area contributed by atoms with E-state index in [4.69, 9.17) is 10.5 Å². The number of methoxy groups -OCH3 is 1. The Hall–Kier alpha value is -1.42. The van der Waals surface area contributed by atoms with Gasteiger partial charge in [-0.2, -0.15) is 0 Å². The van der Waals surface area contributed by atoms with E-state index in [0.717, 1.165) is 24.0 Å². The van der Waals surface area contributed by atoms with Crippen LogP contribution >= 0.6 is 0 Å². The van der Waals surface area contributed by atoms with Crippen LogP contribution in [0.15, 0.2) is 18.2 Å². The third-order valence-electron chi connectivity index (χ3n) is 3.69. The Bertz CT molecular complexity index is 404. The summed E-state index contributed by atoms with van der Waals surface area (Å²) in [7, 11) is 3.83. The van der Waals surface area contributed by atoms with Crippen LogP contribution in [0.2, 0.25) is 0 Å². The van der Waals surface area contributed by atoms with Gasteiger partial charge < -0.3 is 15.8 Å². The maximum atomic E-state index is 6.03. The maximum Gasteiger partial charge on any atom is 0.143 e. The molecule has 1 saturated carbocycles. The monoisotopic (exact) mass is 249 g/mol. The molecule has 0 saturated heterocycles. The number of hydrogen-bond donors (Lipinski definition) is 2. The van der Waals surface area contributed by atoms with Crippen molar-refractivity contribution < 1.29 is 4.74 Å². The van der Waals surface area contributed by atoms with Crippen LogP contribution in [0.3, 0.4) is 0 Å². The summed E-state index contributed by atoms with van der Waals surface area (Å²) in [4.78, 5) is 2.43. The summed E-state index contributed by atoms with van der Waals surface area (Å²) in [5, 5.41) is 3.40. The number of likely N-dealkylation sites (N-methyl/N-ethyl adjacent to an activating group) is 1. The van der Waals surface area contributed by atoms with E-state index < -0.39 is 0 Å². The largest absolute Gasteiger partial charge is 0.495 e. The van der Waals surface area contributed by atoms with Gasteiger partial charge in [-0.25, -0.2) is 0 Å². The number of para-hydroxylation sites is 1. The van der Waals surface area contributed by atoms with Crippen molar-refractivity contribution in [3.8, 4) is 5.75 Å². The number of hydrogen-bond acceptors (Lipinski definition) is 4. The fourth-order valence-corrected chi connectivity index (χ4v) is 2.12. The van der Waals surface area contributed by atoms with Gasteiger partial charge in [-0.15, -0.1) is 0 Å². The van der Waals surface area contributed by atoms with Crippen LogP contribution in [0.1, 0.15) is 19.8 Å². The fourth-order valence-electron chi connectivity index (χ4n) is 2.12. The number of nitrogens with zero attached hydrogens (tertiary/aromatic N) is 1. The van der Waals surface area contributed by atoms with Crippen LogP contribution in [-0.2, 0) is 0 Å². The van der Waals surface area contributed by atoms with E-state index in [9.17, 15) is 0 Å². The maximum absolute atomic E-state index is 6.03. The molecule has 100 valence electrons. The van der Waals surface area contributed by atoms with Gasteiger partial charge in [0.2, 0.25) is 0 Å². The molecule has 0 aromatic heterocycles. The molecule has 0 heterocycles. The van der Waals surface area contributed by atoms with Crippen molar-refractivity contribution in [1.82, 2.24) is 4.90 Å². The minimum absolute atomic E-state index is 0.503. The van der Waals surface area contributed by atoms with Crippen molar-refractivity contribution in [2.75, 3.05) is 31.8 Å². The van der Waals surface area contributed by atoms with Crippen molar-refractivity contribution in [1.29, 1.82) is 0 Å². The molecule has 1 aromatic carbocycles. The summed E-state index contributed by atoms with van der Waals surface area (Å²) in [5.74, 6) is 0.725. The third-order valence-corrected chi connectivity index (χ3v) is 3.69. The predicted octanol–water partition coefficient (Wildman–Crippen LogP) is 2.17. The van der Waals surface area contributed by atoms with E-state index in [0.29, 0.717) is 11.7 Å². The summed E-state index contributed by atoms with van der Waals surface area (Å²) in [6.07, 6.45) is 2.67. The molecule has 0 bridgehead atoms. The van der Waals surface area contributed by atoms with Crippen molar-refractivity contribution in [2.45, 2.75) is 31.8 Å². The molecular weight excluding hydrogens is 226 g/mol. The van der Waals surface area contributed by atoms with E-state index in [1.165, 1.54) is 12.8 Å². The van der Waals surface area contributed by atoms with Crippen molar-refractivity contribution in [3.05, 3.63) is 18.2 Å². The quantitative estimate of drug-likeness (QED) is 0.759. The van der Waals surface area contributed by atoms with Gasteiger partial charge in [0.05, 0.1) is 18.5 Å². The molecule has 1 aromatic rings.